The summed E-state index contributed by atoms with van der Waals surface area (Å²) in [7, 11) is -2.48. The second kappa shape index (κ2) is 8.90. The van der Waals surface area contributed by atoms with Crippen LogP contribution in [0.15, 0.2) is 82.8 Å². The quantitative estimate of drug-likeness (QED) is 0.465. The number of sulfonamides is 1. The first kappa shape index (κ1) is 19.9. The number of hydrogen-bond acceptors (Lipinski definition) is 6. The zero-order valence-corrected chi connectivity index (χ0v) is 16.7. The minimum absolute atomic E-state index is 0.0650. The van der Waals surface area contributed by atoms with Crippen LogP contribution in [0.3, 0.4) is 0 Å². The third kappa shape index (κ3) is 5.11. The summed E-state index contributed by atoms with van der Waals surface area (Å²) in [6, 6.07) is 16.6. The van der Waals surface area contributed by atoms with Crippen molar-refractivity contribution < 1.29 is 17.9 Å². The lowest BCUT2D eigenvalue weighted by Crippen LogP contribution is -2.13. The van der Waals surface area contributed by atoms with E-state index in [1.54, 1.807) is 30.1 Å². The van der Waals surface area contributed by atoms with E-state index in [0.717, 1.165) is 16.2 Å². The molecule has 0 bridgehead atoms. The van der Waals surface area contributed by atoms with Gasteiger partial charge in [-0.2, -0.15) is 0 Å². The molecule has 28 heavy (non-hydrogen) atoms. The summed E-state index contributed by atoms with van der Waals surface area (Å²) in [5, 5.41) is 0. The van der Waals surface area contributed by atoms with E-state index in [2.05, 4.69) is 14.4 Å². The lowest BCUT2D eigenvalue weighted by molar-refractivity contribution is 0.0600. The number of hydrogen-bond donors (Lipinski definition) is 1. The van der Waals surface area contributed by atoms with E-state index in [1.807, 2.05) is 30.5 Å². The van der Waals surface area contributed by atoms with Gasteiger partial charge in [-0.25, -0.2) is 13.2 Å². The Morgan fingerprint density at radius 3 is 2.39 bits per heavy atom. The molecule has 6 nitrogen and oxygen atoms in total. The molecule has 0 saturated carbocycles. The van der Waals surface area contributed by atoms with Crippen LogP contribution in [0.4, 0.5) is 5.69 Å². The Morgan fingerprint density at radius 1 is 1.07 bits per heavy atom. The average molecular weight is 415 g/mol. The Kier molecular flexibility index (Phi) is 6.33. The molecule has 3 rings (SSSR count). The van der Waals surface area contributed by atoms with Gasteiger partial charge in [0.1, 0.15) is 0 Å². The third-order valence-corrected chi connectivity index (χ3v) is 6.30. The predicted molar refractivity (Wildman–Crippen MR) is 109 cm³/mol. The fraction of sp³-hybridized carbons (Fsp3) is 0.100. The molecular weight excluding hydrogens is 396 g/mol. The molecule has 0 saturated heterocycles. The summed E-state index contributed by atoms with van der Waals surface area (Å²) in [6.45, 7) is 0. The smallest absolute Gasteiger partial charge is 0.337 e. The van der Waals surface area contributed by atoms with Gasteiger partial charge in [-0.15, -0.1) is 11.8 Å². The Morgan fingerprint density at radius 2 is 1.79 bits per heavy atom. The van der Waals surface area contributed by atoms with Crippen LogP contribution in [0.2, 0.25) is 0 Å². The van der Waals surface area contributed by atoms with Gasteiger partial charge >= 0.3 is 5.97 Å². The van der Waals surface area contributed by atoms with Crippen molar-refractivity contribution in [1.29, 1.82) is 0 Å². The van der Waals surface area contributed by atoms with Crippen molar-refractivity contribution in [3.8, 4) is 0 Å². The zero-order valence-electron chi connectivity index (χ0n) is 15.0. The number of carbonyl (C=O) groups is 1. The Bertz CT molecular complexity index is 1040. The number of esters is 1. The van der Waals surface area contributed by atoms with Crippen LogP contribution in [0.1, 0.15) is 15.9 Å². The van der Waals surface area contributed by atoms with Crippen LogP contribution in [0.5, 0.6) is 0 Å². The van der Waals surface area contributed by atoms with Crippen molar-refractivity contribution in [2.45, 2.75) is 15.5 Å². The number of thioether (sulfide) groups is 1. The van der Waals surface area contributed by atoms with E-state index < -0.39 is 16.0 Å². The molecule has 0 unspecified atom stereocenters. The summed E-state index contributed by atoms with van der Waals surface area (Å²) in [4.78, 5) is 16.6. The lowest BCUT2D eigenvalue weighted by Gasteiger charge is -2.09. The molecule has 0 spiro atoms. The van der Waals surface area contributed by atoms with Crippen molar-refractivity contribution in [3.05, 3.63) is 84.2 Å². The van der Waals surface area contributed by atoms with Gasteiger partial charge in [0.2, 0.25) is 0 Å². The minimum atomic E-state index is -3.75. The van der Waals surface area contributed by atoms with Gasteiger partial charge in [-0.3, -0.25) is 9.71 Å². The molecule has 144 valence electrons. The number of aromatic nitrogens is 1. The van der Waals surface area contributed by atoms with Crippen molar-refractivity contribution in [1.82, 2.24) is 4.98 Å². The van der Waals surface area contributed by atoms with E-state index >= 15 is 0 Å². The number of nitrogens with zero attached hydrogens (tertiary/aromatic N) is 1. The van der Waals surface area contributed by atoms with E-state index in [4.69, 9.17) is 0 Å². The summed E-state index contributed by atoms with van der Waals surface area (Å²) in [5.74, 6) is 0.266. The number of rotatable bonds is 7. The number of methoxy groups -OCH3 is 1. The summed E-state index contributed by atoms with van der Waals surface area (Å²) in [6.07, 6.45) is 3.55. The molecule has 1 heterocycles. The standard InChI is InChI=1S/C20H18N2O4S2/c1-26-20(23)16-4-10-19(11-5-16)28(24,25)22-17-6-8-18(9-7-17)27-14-15-3-2-12-21-13-15/h2-13,22H,14H2,1H3. The van der Waals surface area contributed by atoms with Gasteiger partial charge in [0.15, 0.2) is 0 Å². The summed E-state index contributed by atoms with van der Waals surface area (Å²) >= 11 is 1.64. The molecule has 2 aromatic carbocycles. The first-order valence-electron chi connectivity index (χ1n) is 8.31. The van der Waals surface area contributed by atoms with Crippen LogP contribution >= 0.6 is 11.8 Å². The van der Waals surface area contributed by atoms with E-state index in [-0.39, 0.29) is 10.5 Å². The van der Waals surface area contributed by atoms with E-state index in [0.29, 0.717) is 5.69 Å². The molecule has 0 amide bonds. The van der Waals surface area contributed by atoms with E-state index in [9.17, 15) is 13.2 Å². The lowest BCUT2D eigenvalue weighted by atomic mass is 10.2. The first-order chi connectivity index (χ1) is 13.5. The highest BCUT2D eigenvalue weighted by Gasteiger charge is 2.15. The Labute approximate surface area is 168 Å². The second-order valence-electron chi connectivity index (χ2n) is 5.80. The Balaban J connectivity index is 1.64. The van der Waals surface area contributed by atoms with E-state index in [1.165, 1.54) is 31.4 Å². The zero-order chi connectivity index (χ0) is 20.0. The molecular formula is C20H18N2O4S2. The van der Waals surface area contributed by atoms with Crippen molar-refractivity contribution in [2.24, 2.45) is 0 Å². The number of anilines is 1. The van der Waals surface area contributed by atoms with Gasteiger partial charge in [-0.05, 0) is 60.2 Å². The largest absolute Gasteiger partial charge is 0.465 e. The summed E-state index contributed by atoms with van der Waals surface area (Å²) in [5.41, 5.74) is 1.87. The maximum atomic E-state index is 12.5. The van der Waals surface area contributed by atoms with Gasteiger partial charge in [0, 0.05) is 28.7 Å². The molecule has 0 aliphatic heterocycles. The van der Waals surface area contributed by atoms with Crippen LogP contribution in [-0.4, -0.2) is 26.5 Å². The molecule has 0 aliphatic carbocycles. The van der Waals surface area contributed by atoms with Gasteiger partial charge in [-0.1, -0.05) is 6.07 Å². The molecule has 0 radical (unpaired) electrons. The van der Waals surface area contributed by atoms with Crippen molar-refractivity contribution >= 4 is 33.4 Å². The van der Waals surface area contributed by atoms with Crippen LogP contribution in [-0.2, 0) is 20.5 Å². The van der Waals surface area contributed by atoms with Crippen molar-refractivity contribution in [3.63, 3.8) is 0 Å². The topological polar surface area (TPSA) is 85.4 Å². The maximum absolute atomic E-state index is 12.5. The number of pyridine rings is 1. The van der Waals surface area contributed by atoms with Gasteiger partial charge in [0.25, 0.3) is 10.0 Å². The third-order valence-electron chi connectivity index (χ3n) is 3.82. The molecule has 1 N–H and O–H groups in total. The fourth-order valence-corrected chi connectivity index (χ4v) is 4.26. The Hall–Kier alpha value is -2.84. The first-order valence-corrected chi connectivity index (χ1v) is 10.8. The second-order valence-corrected chi connectivity index (χ2v) is 8.53. The molecule has 0 fully saturated rings. The number of nitrogens with one attached hydrogen (secondary N) is 1. The van der Waals surface area contributed by atoms with Crippen LogP contribution < -0.4 is 4.72 Å². The van der Waals surface area contributed by atoms with Crippen molar-refractivity contribution in [2.75, 3.05) is 11.8 Å². The number of benzene rings is 2. The average Bonchev–Trinajstić information content (AvgIpc) is 2.73. The van der Waals surface area contributed by atoms with Crippen LogP contribution in [0, 0.1) is 0 Å². The van der Waals surface area contributed by atoms with Gasteiger partial charge < -0.3 is 4.74 Å². The number of carbonyl (C=O) groups excluding carboxylic acids is 1. The molecule has 0 aliphatic rings. The molecule has 0 atom stereocenters. The molecule has 3 aromatic rings. The van der Waals surface area contributed by atoms with Crippen LogP contribution in [0.25, 0.3) is 0 Å². The SMILES string of the molecule is COC(=O)c1ccc(S(=O)(=O)Nc2ccc(SCc3cccnc3)cc2)cc1. The highest BCUT2D eigenvalue weighted by molar-refractivity contribution is 7.98. The molecule has 1 aromatic heterocycles. The normalized spacial score (nSPS) is 11.0. The number of ether oxygens (including phenoxy) is 1. The van der Waals surface area contributed by atoms with Gasteiger partial charge in [0.05, 0.1) is 17.6 Å². The summed E-state index contributed by atoms with van der Waals surface area (Å²) < 4.78 is 32.2. The molecule has 8 heteroatoms. The minimum Gasteiger partial charge on any atom is -0.465 e. The fourth-order valence-electron chi connectivity index (χ4n) is 2.37. The maximum Gasteiger partial charge on any atom is 0.337 e. The predicted octanol–water partition coefficient (Wildman–Crippen LogP) is 3.96. The monoisotopic (exact) mass is 414 g/mol. The highest BCUT2D eigenvalue weighted by atomic mass is 32.2. The highest BCUT2D eigenvalue weighted by Crippen LogP contribution is 2.25.